The van der Waals surface area contributed by atoms with Crippen molar-refractivity contribution in [1.29, 1.82) is 0 Å². The number of thioether (sulfide) groups is 1. The fraction of sp³-hybridized carbons (Fsp3) is 0.263. The molecule has 122 valence electrons. The number of aromatic nitrogens is 2. The van der Waals surface area contributed by atoms with Gasteiger partial charge in [-0.3, -0.25) is 9.69 Å². The first-order valence-corrected chi connectivity index (χ1v) is 9.33. The van der Waals surface area contributed by atoms with Crippen molar-refractivity contribution in [2.75, 3.05) is 24.6 Å². The summed E-state index contributed by atoms with van der Waals surface area (Å²) < 4.78 is 0. The van der Waals surface area contributed by atoms with Gasteiger partial charge in [-0.05, 0) is 23.8 Å². The molecule has 1 N–H and O–H groups in total. The Morgan fingerprint density at radius 1 is 1.08 bits per heavy atom. The zero-order valence-electron chi connectivity index (χ0n) is 13.4. The third kappa shape index (κ3) is 3.23. The summed E-state index contributed by atoms with van der Waals surface area (Å²) in [5.41, 5.74) is 2.86. The molecule has 0 atom stereocenters. The van der Waals surface area contributed by atoms with Crippen molar-refractivity contribution in [3.63, 3.8) is 0 Å². The van der Waals surface area contributed by atoms with Gasteiger partial charge in [-0.15, -0.1) is 0 Å². The summed E-state index contributed by atoms with van der Waals surface area (Å²) in [6, 6.07) is 15.8. The number of H-pyrrole nitrogens is 1. The average Bonchev–Trinajstić information content (AvgIpc) is 2.63. The summed E-state index contributed by atoms with van der Waals surface area (Å²) in [5.74, 6) is 3.05. The molecule has 0 unspecified atom stereocenters. The molecule has 0 saturated carbocycles. The lowest BCUT2D eigenvalue weighted by atomic mass is 10.1. The van der Waals surface area contributed by atoms with Gasteiger partial charge in [0, 0.05) is 36.7 Å². The minimum Gasteiger partial charge on any atom is -0.306 e. The summed E-state index contributed by atoms with van der Waals surface area (Å²) in [5, 5.41) is 0.628. The van der Waals surface area contributed by atoms with Crippen molar-refractivity contribution >= 4 is 22.7 Å². The molecule has 4 rings (SSSR count). The van der Waals surface area contributed by atoms with Crippen LogP contribution in [0.15, 0.2) is 53.3 Å². The number of para-hydroxylation sites is 1. The first-order valence-electron chi connectivity index (χ1n) is 8.18. The number of nitrogens with one attached hydrogen (secondary N) is 1. The average molecular weight is 337 g/mol. The maximum Gasteiger partial charge on any atom is 0.259 e. The van der Waals surface area contributed by atoms with Crippen molar-refractivity contribution < 1.29 is 0 Å². The summed E-state index contributed by atoms with van der Waals surface area (Å²) in [6.45, 7) is 3.23. The summed E-state index contributed by atoms with van der Waals surface area (Å²) in [4.78, 5) is 22.3. The minimum absolute atomic E-state index is 0.0888. The van der Waals surface area contributed by atoms with Gasteiger partial charge in [0.25, 0.3) is 5.56 Å². The first-order chi connectivity index (χ1) is 11.8. The Morgan fingerprint density at radius 3 is 2.79 bits per heavy atom. The molecule has 0 aliphatic carbocycles. The highest BCUT2D eigenvalue weighted by molar-refractivity contribution is 7.99. The maximum atomic E-state index is 12.3. The number of rotatable bonds is 3. The molecule has 2 heterocycles. The molecule has 1 aliphatic rings. The van der Waals surface area contributed by atoms with Gasteiger partial charge in [0.15, 0.2) is 0 Å². The Labute approximate surface area is 144 Å². The van der Waals surface area contributed by atoms with Gasteiger partial charge in [0.05, 0.1) is 10.9 Å². The number of hydrogen-bond acceptors (Lipinski definition) is 4. The molecular weight excluding hydrogens is 318 g/mol. The van der Waals surface area contributed by atoms with E-state index in [9.17, 15) is 4.79 Å². The van der Waals surface area contributed by atoms with E-state index < -0.39 is 0 Å². The Hall–Kier alpha value is -2.11. The first kappa shape index (κ1) is 15.4. The van der Waals surface area contributed by atoms with Crippen LogP contribution >= 0.6 is 11.8 Å². The van der Waals surface area contributed by atoms with E-state index in [1.807, 2.05) is 42.1 Å². The largest absolute Gasteiger partial charge is 0.306 e. The third-order valence-corrected chi connectivity index (χ3v) is 5.27. The highest BCUT2D eigenvalue weighted by Gasteiger charge is 2.12. The lowest BCUT2D eigenvalue weighted by Gasteiger charge is -2.26. The highest BCUT2D eigenvalue weighted by Crippen LogP contribution is 2.19. The van der Waals surface area contributed by atoms with Gasteiger partial charge in [-0.1, -0.05) is 30.3 Å². The van der Waals surface area contributed by atoms with E-state index in [1.54, 1.807) is 6.07 Å². The van der Waals surface area contributed by atoms with E-state index >= 15 is 0 Å². The quantitative estimate of drug-likeness (QED) is 0.798. The monoisotopic (exact) mass is 337 g/mol. The molecule has 0 amide bonds. The minimum atomic E-state index is -0.0888. The van der Waals surface area contributed by atoms with Crippen molar-refractivity contribution in [1.82, 2.24) is 14.9 Å². The van der Waals surface area contributed by atoms with Gasteiger partial charge in [0.1, 0.15) is 5.82 Å². The summed E-state index contributed by atoms with van der Waals surface area (Å²) in [7, 11) is 0. The molecule has 2 aromatic carbocycles. The molecule has 1 aliphatic heterocycles. The van der Waals surface area contributed by atoms with Crippen LogP contribution in [0.5, 0.6) is 0 Å². The Morgan fingerprint density at radius 2 is 1.92 bits per heavy atom. The Bertz CT molecular complexity index is 916. The molecule has 1 aromatic heterocycles. The standard InChI is InChI=1S/C19H19N3OS/c23-19-16-6-1-2-7-17(16)20-18(21-19)15-5-3-4-14(12-15)13-22-8-10-24-11-9-22/h1-7,12H,8-11,13H2,(H,20,21,23). The van der Waals surface area contributed by atoms with Gasteiger partial charge < -0.3 is 4.98 Å². The summed E-state index contributed by atoms with van der Waals surface area (Å²) in [6.07, 6.45) is 0. The maximum absolute atomic E-state index is 12.3. The normalized spacial score (nSPS) is 15.7. The fourth-order valence-corrected chi connectivity index (χ4v) is 4.04. The van der Waals surface area contributed by atoms with Crippen LogP contribution in [0.1, 0.15) is 5.56 Å². The highest BCUT2D eigenvalue weighted by atomic mass is 32.2. The van der Waals surface area contributed by atoms with Crippen LogP contribution < -0.4 is 5.56 Å². The number of benzene rings is 2. The van der Waals surface area contributed by atoms with Crippen molar-refractivity contribution in [2.24, 2.45) is 0 Å². The predicted octanol–water partition coefficient (Wildman–Crippen LogP) is 3.14. The lowest BCUT2D eigenvalue weighted by Crippen LogP contribution is -2.31. The molecule has 0 radical (unpaired) electrons. The van der Waals surface area contributed by atoms with Crippen LogP contribution in [-0.4, -0.2) is 39.5 Å². The molecule has 5 heteroatoms. The zero-order chi connectivity index (χ0) is 16.4. The zero-order valence-corrected chi connectivity index (χ0v) is 14.2. The van der Waals surface area contributed by atoms with Crippen LogP contribution in [0.3, 0.4) is 0 Å². The number of hydrogen-bond donors (Lipinski definition) is 1. The van der Waals surface area contributed by atoms with E-state index in [2.05, 4.69) is 27.0 Å². The van der Waals surface area contributed by atoms with Crippen LogP contribution in [0.2, 0.25) is 0 Å². The molecule has 0 spiro atoms. The van der Waals surface area contributed by atoms with Crippen molar-refractivity contribution in [3.8, 4) is 11.4 Å². The van der Waals surface area contributed by atoms with E-state index in [0.717, 1.165) is 30.7 Å². The fourth-order valence-electron chi connectivity index (χ4n) is 3.06. The van der Waals surface area contributed by atoms with E-state index in [1.165, 1.54) is 17.1 Å². The number of fused-ring (bicyclic) bond motifs is 1. The summed E-state index contributed by atoms with van der Waals surface area (Å²) >= 11 is 2.02. The van der Waals surface area contributed by atoms with Crippen LogP contribution in [0.4, 0.5) is 0 Å². The Kier molecular flexibility index (Phi) is 4.36. The van der Waals surface area contributed by atoms with Gasteiger partial charge in [-0.25, -0.2) is 4.98 Å². The van der Waals surface area contributed by atoms with Crippen LogP contribution in [-0.2, 0) is 6.54 Å². The van der Waals surface area contributed by atoms with Gasteiger partial charge >= 0.3 is 0 Å². The molecule has 3 aromatic rings. The van der Waals surface area contributed by atoms with Gasteiger partial charge in [-0.2, -0.15) is 11.8 Å². The lowest BCUT2D eigenvalue weighted by molar-refractivity contribution is 0.294. The molecule has 24 heavy (non-hydrogen) atoms. The van der Waals surface area contributed by atoms with Crippen molar-refractivity contribution in [2.45, 2.75) is 6.54 Å². The second-order valence-electron chi connectivity index (χ2n) is 6.02. The smallest absolute Gasteiger partial charge is 0.259 e. The van der Waals surface area contributed by atoms with Crippen LogP contribution in [0.25, 0.3) is 22.3 Å². The molecule has 4 nitrogen and oxygen atoms in total. The third-order valence-electron chi connectivity index (χ3n) is 4.32. The number of nitrogens with zero attached hydrogens (tertiary/aromatic N) is 2. The van der Waals surface area contributed by atoms with E-state index in [4.69, 9.17) is 0 Å². The molecule has 0 bridgehead atoms. The second kappa shape index (κ2) is 6.79. The Balaban J connectivity index is 1.66. The molecule has 1 fully saturated rings. The second-order valence-corrected chi connectivity index (χ2v) is 7.25. The molecular formula is C19H19N3OS. The molecule has 1 saturated heterocycles. The topological polar surface area (TPSA) is 49.0 Å². The number of aromatic amines is 1. The van der Waals surface area contributed by atoms with Crippen LogP contribution in [0, 0.1) is 0 Å². The predicted molar refractivity (Wildman–Crippen MR) is 100 cm³/mol. The van der Waals surface area contributed by atoms with Crippen molar-refractivity contribution in [3.05, 3.63) is 64.4 Å². The SMILES string of the molecule is O=c1[nH]c(-c2cccc(CN3CCSCC3)c2)nc2ccccc12. The van der Waals surface area contributed by atoms with E-state index in [-0.39, 0.29) is 5.56 Å². The van der Waals surface area contributed by atoms with E-state index in [0.29, 0.717) is 11.2 Å². The van der Waals surface area contributed by atoms with Gasteiger partial charge in [0.2, 0.25) is 0 Å².